The van der Waals surface area contributed by atoms with Gasteiger partial charge in [0.05, 0.1) is 26.1 Å². The molecule has 0 saturated carbocycles. The van der Waals surface area contributed by atoms with Gasteiger partial charge in [0.1, 0.15) is 0 Å². The van der Waals surface area contributed by atoms with Crippen LogP contribution >= 0.6 is 0 Å². The Labute approximate surface area is 114 Å². The van der Waals surface area contributed by atoms with Crippen LogP contribution in [0.3, 0.4) is 0 Å². The summed E-state index contributed by atoms with van der Waals surface area (Å²) in [7, 11) is 1.32. The van der Waals surface area contributed by atoms with E-state index in [1.54, 1.807) is 6.92 Å². The Morgan fingerprint density at radius 2 is 2.00 bits per heavy atom. The number of nitrogens with zero attached hydrogens (tertiary/aromatic N) is 1. The second kappa shape index (κ2) is 8.54. The van der Waals surface area contributed by atoms with Crippen LogP contribution in [0.1, 0.15) is 26.2 Å². The fourth-order valence-electron chi connectivity index (χ4n) is 1.95. The molecule has 1 atom stereocenters. The Bertz CT molecular complexity index is 365. The molecule has 1 rings (SSSR count). The Kier molecular flexibility index (Phi) is 6.98. The molecule has 1 fully saturated rings. The normalized spacial score (nSPS) is 16.3. The molecule has 1 unspecified atom stereocenters. The van der Waals surface area contributed by atoms with Gasteiger partial charge in [-0.1, -0.05) is 18.8 Å². The van der Waals surface area contributed by atoms with Gasteiger partial charge in [0.15, 0.2) is 0 Å². The first-order chi connectivity index (χ1) is 9.13. The van der Waals surface area contributed by atoms with Gasteiger partial charge in [0, 0.05) is 6.42 Å². The van der Waals surface area contributed by atoms with Gasteiger partial charge in [-0.25, -0.2) is 0 Å². The smallest absolute Gasteiger partial charge is 0.308 e. The topological polar surface area (TPSA) is 58.6 Å². The van der Waals surface area contributed by atoms with Crippen molar-refractivity contribution >= 4 is 11.9 Å². The highest BCUT2D eigenvalue weighted by atomic mass is 16.5. The van der Waals surface area contributed by atoms with Crippen molar-refractivity contribution in [2.75, 3.05) is 33.3 Å². The van der Waals surface area contributed by atoms with Crippen LogP contribution in [0.15, 0.2) is 0 Å². The Morgan fingerprint density at radius 1 is 1.32 bits per heavy atom. The number of likely N-dealkylation sites (tertiary alicyclic amines) is 1. The van der Waals surface area contributed by atoms with Crippen molar-refractivity contribution in [3.8, 4) is 11.8 Å². The van der Waals surface area contributed by atoms with Crippen LogP contribution in [-0.4, -0.2) is 50.1 Å². The van der Waals surface area contributed by atoms with Crippen LogP contribution in [0.4, 0.5) is 0 Å². The van der Waals surface area contributed by atoms with Crippen LogP contribution < -0.4 is 5.32 Å². The first-order valence-electron chi connectivity index (χ1n) is 6.66. The molecule has 106 valence electrons. The largest absolute Gasteiger partial charge is 0.469 e. The van der Waals surface area contributed by atoms with Gasteiger partial charge >= 0.3 is 5.97 Å². The Hall–Kier alpha value is -1.54. The molecular weight excluding hydrogens is 244 g/mol. The predicted molar refractivity (Wildman–Crippen MR) is 72.3 cm³/mol. The van der Waals surface area contributed by atoms with Gasteiger partial charge in [0.2, 0.25) is 5.91 Å². The minimum Gasteiger partial charge on any atom is -0.469 e. The number of amides is 1. The lowest BCUT2D eigenvalue weighted by Gasteiger charge is -2.09. The van der Waals surface area contributed by atoms with Gasteiger partial charge < -0.3 is 10.1 Å². The molecular formula is C14H22N2O3. The summed E-state index contributed by atoms with van der Waals surface area (Å²) < 4.78 is 4.56. The summed E-state index contributed by atoms with van der Waals surface area (Å²) in [6.45, 7) is 5.02. The fourth-order valence-corrected chi connectivity index (χ4v) is 1.95. The standard InChI is InChI=1S/C14H22N2O3/c1-12(14(18)19-2)11-13(17)15-7-3-4-8-16-9-5-6-10-16/h12H,5-11H2,1-2H3,(H,15,17). The molecule has 1 aliphatic rings. The number of methoxy groups -OCH3 is 1. The van der Waals surface area contributed by atoms with Crippen molar-refractivity contribution in [2.24, 2.45) is 5.92 Å². The summed E-state index contributed by atoms with van der Waals surface area (Å²) in [5.74, 6) is 5.01. The molecule has 1 N–H and O–H groups in total. The van der Waals surface area contributed by atoms with Crippen molar-refractivity contribution in [3.05, 3.63) is 0 Å². The third-order valence-electron chi connectivity index (χ3n) is 3.10. The lowest BCUT2D eigenvalue weighted by atomic mass is 10.1. The molecule has 5 heteroatoms. The minimum atomic E-state index is -0.414. The maximum atomic E-state index is 11.5. The molecule has 0 bridgehead atoms. The van der Waals surface area contributed by atoms with E-state index in [0.29, 0.717) is 6.54 Å². The molecule has 0 aromatic rings. The van der Waals surface area contributed by atoms with Gasteiger partial charge in [-0.2, -0.15) is 0 Å². The molecule has 5 nitrogen and oxygen atoms in total. The second-order valence-electron chi connectivity index (χ2n) is 4.74. The quantitative estimate of drug-likeness (QED) is 0.578. The molecule has 1 aliphatic heterocycles. The van der Waals surface area contributed by atoms with E-state index in [1.807, 2.05) is 0 Å². The van der Waals surface area contributed by atoms with Gasteiger partial charge in [-0.05, 0) is 25.9 Å². The average molecular weight is 266 g/mol. The number of esters is 1. The fraction of sp³-hybridized carbons (Fsp3) is 0.714. The summed E-state index contributed by atoms with van der Waals surface area (Å²) >= 11 is 0. The number of hydrogen-bond donors (Lipinski definition) is 1. The second-order valence-corrected chi connectivity index (χ2v) is 4.74. The molecule has 0 spiro atoms. The third kappa shape index (κ3) is 6.25. The molecule has 0 radical (unpaired) electrons. The number of rotatable bonds is 5. The van der Waals surface area contributed by atoms with E-state index in [4.69, 9.17) is 0 Å². The number of hydrogen-bond acceptors (Lipinski definition) is 4. The van der Waals surface area contributed by atoms with Crippen molar-refractivity contribution in [3.63, 3.8) is 0 Å². The van der Waals surface area contributed by atoms with Crippen LogP contribution in [-0.2, 0) is 14.3 Å². The summed E-state index contributed by atoms with van der Waals surface area (Å²) in [4.78, 5) is 24.9. The Balaban J connectivity index is 2.12. The molecule has 0 aliphatic carbocycles. The number of nitrogens with one attached hydrogen (secondary N) is 1. The van der Waals surface area contributed by atoms with Crippen LogP contribution in [0, 0.1) is 17.8 Å². The molecule has 0 aromatic heterocycles. The molecule has 1 heterocycles. The minimum absolute atomic E-state index is 0.139. The van der Waals surface area contributed by atoms with E-state index in [0.717, 1.165) is 19.6 Å². The van der Waals surface area contributed by atoms with Crippen molar-refractivity contribution in [2.45, 2.75) is 26.2 Å². The summed E-state index contributed by atoms with van der Waals surface area (Å²) in [6, 6.07) is 0. The van der Waals surface area contributed by atoms with E-state index >= 15 is 0 Å². The van der Waals surface area contributed by atoms with E-state index < -0.39 is 5.92 Å². The Morgan fingerprint density at radius 3 is 2.63 bits per heavy atom. The predicted octanol–water partition coefficient (Wildman–Crippen LogP) is 0.401. The highest BCUT2D eigenvalue weighted by molar-refractivity contribution is 5.82. The SMILES string of the molecule is COC(=O)C(C)CC(=O)NCC#CCN1CCCC1. The highest BCUT2D eigenvalue weighted by Crippen LogP contribution is 2.05. The van der Waals surface area contributed by atoms with E-state index in [9.17, 15) is 9.59 Å². The summed E-state index contributed by atoms with van der Waals surface area (Å²) in [5.41, 5.74) is 0. The van der Waals surface area contributed by atoms with E-state index in [1.165, 1.54) is 20.0 Å². The van der Waals surface area contributed by atoms with Gasteiger partial charge in [0.25, 0.3) is 0 Å². The van der Waals surface area contributed by atoms with Crippen LogP contribution in [0.25, 0.3) is 0 Å². The van der Waals surface area contributed by atoms with Gasteiger partial charge in [-0.15, -0.1) is 0 Å². The maximum Gasteiger partial charge on any atom is 0.308 e. The van der Waals surface area contributed by atoms with Crippen LogP contribution in [0.5, 0.6) is 0 Å². The zero-order chi connectivity index (χ0) is 14.1. The third-order valence-corrected chi connectivity index (χ3v) is 3.10. The van der Waals surface area contributed by atoms with Gasteiger partial charge in [-0.3, -0.25) is 14.5 Å². The maximum absolute atomic E-state index is 11.5. The van der Waals surface area contributed by atoms with Crippen LogP contribution in [0.2, 0.25) is 0 Å². The zero-order valence-corrected chi connectivity index (χ0v) is 11.7. The first kappa shape index (κ1) is 15.5. The number of carbonyl (C=O) groups excluding carboxylic acids is 2. The molecule has 0 aromatic carbocycles. The highest BCUT2D eigenvalue weighted by Gasteiger charge is 2.16. The number of ether oxygens (including phenoxy) is 1. The monoisotopic (exact) mass is 266 g/mol. The van der Waals surface area contributed by atoms with Crippen molar-refractivity contribution < 1.29 is 14.3 Å². The lowest BCUT2D eigenvalue weighted by Crippen LogP contribution is -2.28. The summed E-state index contributed by atoms with van der Waals surface area (Å²) in [6.07, 6.45) is 2.65. The molecule has 1 amide bonds. The van der Waals surface area contributed by atoms with E-state index in [-0.39, 0.29) is 18.3 Å². The zero-order valence-electron chi connectivity index (χ0n) is 11.7. The lowest BCUT2D eigenvalue weighted by molar-refractivity contribution is -0.146. The number of carbonyl (C=O) groups is 2. The first-order valence-corrected chi connectivity index (χ1v) is 6.66. The van der Waals surface area contributed by atoms with Crippen molar-refractivity contribution in [1.29, 1.82) is 0 Å². The summed E-state index contributed by atoms with van der Waals surface area (Å²) in [5, 5.41) is 2.68. The van der Waals surface area contributed by atoms with E-state index in [2.05, 4.69) is 26.8 Å². The molecule has 1 saturated heterocycles. The van der Waals surface area contributed by atoms with Crippen molar-refractivity contribution in [1.82, 2.24) is 10.2 Å². The average Bonchev–Trinajstić information content (AvgIpc) is 2.90. The molecule has 19 heavy (non-hydrogen) atoms.